The minimum atomic E-state index is 0.113. The van der Waals surface area contributed by atoms with Crippen LogP contribution in [0.2, 0.25) is 0 Å². The van der Waals surface area contributed by atoms with Crippen LogP contribution in [-0.2, 0) is 11.3 Å². The van der Waals surface area contributed by atoms with Gasteiger partial charge in [0.2, 0.25) is 0 Å². The number of hydrogen-bond donors (Lipinski definition) is 1. The number of methoxy groups -OCH3 is 1. The lowest BCUT2D eigenvalue weighted by atomic mass is 10.2. The molecule has 0 bridgehead atoms. The number of hydrogen-bond acceptors (Lipinski definition) is 4. The molecule has 88 valence electrons. The molecule has 0 aromatic heterocycles. The number of ether oxygens (including phenoxy) is 3. The van der Waals surface area contributed by atoms with Gasteiger partial charge in [0, 0.05) is 18.5 Å². The molecule has 2 N–H and O–H groups in total. The highest BCUT2D eigenvalue weighted by molar-refractivity contribution is 5.46. The first kappa shape index (κ1) is 11.2. The zero-order valence-electron chi connectivity index (χ0n) is 9.44. The summed E-state index contributed by atoms with van der Waals surface area (Å²) in [6.45, 7) is 1.85. The lowest BCUT2D eigenvalue weighted by molar-refractivity contribution is 0.138. The van der Waals surface area contributed by atoms with E-state index in [2.05, 4.69) is 0 Å². The third-order valence-electron chi connectivity index (χ3n) is 2.67. The Balaban J connectivity index is 2.21. The van der Waals surface area contributed by atoms with E-state index in [1.165, 1.54) is 0 Å². The summed E-state index contributed by atoms with van der Waals surface area (Å²) >= 11 is 0. The van der Waals surface area contributed by atoms with Crippen LogP contribution in [-0.4, -0.2) is 26.4 Å². The maximum Gasteiger partial charge on any atom is 0.166 e. The highest BCUT2D eigenvalue weighted by Crippen LogP contribution is 2.32. The number of rotatable bonds is 4. The third kappa shape index (κ3) is 2.28. The number of para-hydroxylation sites is 1. The van der Waals surface area contributed by atoms with E-state index in [0.717, 1.165) is 30.1 Å². The Morgan fingerprint density at radius 1 is 1.50 bits per heavy atom. The molecule has 0 spiro atoms. The van der Waals surface area contributed by atoms with E-state index in [0.29, 0.717) is 13.2 Å². The van der Waals surface area contributed by atoms with Crippen molar-refractivity contribution in [3.8, 4) is 11.5 Å². The van der Waals surface area contributed by atoms with Gasteiger partial charge in [-0.1, -0.05) is 12.1 Å². The second-order valence-electron chi connectivity index (χ2n) is 3.76. The minimum absolute atomic E-state index is 0.113. The maximum absolute atomic E-state index is 5.89. The normalized spacial score (nSPS) is 19.8. The van der Waals surface area contributed by atoms with Gasteiger partial charge in [-0.25, -0.2) is 0 Å². The number of nitrogens with two attached hydrogens (primary N) is 1. The third-order valence-corrected chi connectivity index (χ3v) is 2.67. The van der Waals surface area contributed by atoms with Crippen molar-refractivity contribution in [2.24, 2.45) is 5.73 Å². The molecule has 0 aliphatic carbocycles. The second-order valence-corrected chi connectivity index (χ2v) is 3.76. The van der Waals surface area contributed by atoms with Gasteiger partial charge in [0.25, 0.3) is 0 Å². The lowest BCUT2D eigenvalue weighted by Crippen LogP contribution is -2.17. The highest BCUT2D eigenvalue weighted by atomic mass is 16.6. The number of benzene rings is 1. The Morgan fingerprint density at radius 2 is 2.38 bits per heavy atom. The van der Waals surface area contributed by atoms with E-state index >= 15 is 0 Å². The first-order valence-electron chi connectivity index (χ1n) is 5.45. The molecular formula is C12H17NO3. The molecule has 4 nitrogen and oxygen atoms in total. The SMILES string of the molecule is COc1cccc(CN)c1OC1CCOC1. The fourth-order valence-electron chi connectivity index (χ4n) is 1.79. The predicted octanol–water partition coefficient (Wildman–Crippen LogP) is 1.32. The zero-order chi connectivity index (χ0) is 11.4. The van der Waals surface area contributed by atoms with Crippen LogP contribution in [0, 0.1) is 0 Å². The van der Waals surface area contributed by atoms with Crippen LogP contribution in [0.1, 0.15) is 12.0 Å². The van der Waals surface area contributed by atoms with Crippen LogP contribution in [0.25, 0.3) is 0 Å². The molecule has 1 aliphatic rings. The molecule has 16 heavy (non-hydrogen) atoms. The van der Waals surface area contributed by atoms with E-state index < -0.39 is 0 Å². The van der Waals surface area contributed by atoms with Gasteiger partial charge < -0.3 is 19.9 Å². The fourth-order valence-corrected chi connectivity index (χ4v) is 1.79. The largest absolute Gasteiger partial charge is 0.493 e. The molecule has 1 fully saturated rings. The Labute approximate surface area is 95.3 Å². The van der Waals surface area contributed by atoms with Gasteiger partial charge in [-0.15, -0.1) is 0 Å². The first-order valence-corrected chi connectivity index (χ1v) is 5.45. The van der Waals surface area contributed by atoms with Crippen molar-refractivity contribution in [2.45, 2.75) is 19.1 Å². The molecule has 4 heteroatoms. The maximum atomic E-state index is 5.89. The Hall–Kier alpha value is -1.26. The molecular weight excluding hydrogens is 206 g/mol. The van der Waals surface area contributed by atoms with Crippen molar-refractivity contribution in [2.75, 3.05) is 20.3 Å². The highest BCUT2D eigenvalue weighted by Gasteiger charge is 2.20. The van der Waals surface area contributed by atoms with E-state index in [-0.39, 0.29) is 6.10 Å². The van der Waals surface area contributed by atoms with Crippen LogP contribution >= 0.6 is 0 Å². The van der Waals surface area contributed by atoms with Crippen LogP contribution < -0.4 is 15.2 Å². The summed E-state index contributed by atoms with van der Waals surface area (Å²) in [5.74, 6) is 1.48. The smallest absolute Gasteiger partial charge is 0.166 e. The predicted molar refractivity (Wildman–Crippen MR) is 60.7 cm³/mol. The van der Waals surface area contributed by atoms with E-state index in [4.69, 9.17) is 19.9 Å². The summed E-state index contributed by atoms with van der Waals surface area (Å²) in [4.78, 5) is 0. The average molecular weight is 223 g/mol. The Bertz CT molecular complexity index is 326. The van der Waals surface area contributed by atoms with Crippen LogP contribution in [0.5, 0.6) is 11.5 Å². The van der Waals surface area contributed by atoms with Crippen molar-refractivity contribution in [3.05, 3.63) is 23.8 Å². The van der Waals surface area contributed by atoms with E-state index in [1.54, 1.807) is 7.11 Å². The van der Waals surface area contributed by atoms with E-state index in [1.807, 2.05) is 18.2 Å². The van der Waals surface area contributed by atoms with E-state index in [9.17, 15) is 0 Å². The fraction of sp³-hybridized carbons (Fsp3) is 0.500. The molecule has 1 aromatic rings. The molecule has 1 aliphatic heterocycles. The standard InChI is InChI=1S/C12H17NO3/c1-14-11-4-2-3-9(7-13)12(11)16-10-5-6-15-8-10/h2-4,10H,5-8,13H2,1H3. The quantitative estimate of drug-likeness (QED) is 0.836. The first-order chi connectivity index (χ1) is 7.85. The van der Waals surface area contributed by atoms with Gasteiger partial charge in [-0.3, -0.25) is 0 Å². The molecule has 1 aromatic carbocycles. The van der Waals surface area contributed by atoms with Crippen molar-refractivity contribution in [3.63, 3.8) is 0 Å². The summed E-state index contributed by atoms with van der Waals surface area (Å²) in [5.41, 5.74) is 6.65. The van der Waals surface area contributed by atoms with Crippen LogP contribution in [0.4, 0.5) is 0 Å². The summed E-state index contributed by atoms with van der Waals surface area (Å²) in [7, 11) is 1.63. The van der Waals surface area contributed by atoms with Gasteiger partial charge >= 0.3 is 0 Å². The van der Waals surface area contributed by atoms with Crippen LogP contribution in [0.3, 0.4) is 0 Å². The molecule has 0 saturated carbocycles. The molecule has 1 heterocycles. The topological polar surface area (TPSA) is 53.7 Å². The Kier molecular flexibility index (Phi) is 3.64. The van der Waals surface area contributed by atoms with Crippen molar-refractivity contribution < 1.29 is 14.2 Å². The average Bonchev–Trinajstić information content (AvgIpc) is 2.82. The van der Waals surface area contributed by atoms with Crippen molar-refractivity contribution in [1.82, 2.24) is 0 Å². The second kappa shape index (κ2) is 5.18. The molecule has 1 atom stereocenters. The monoisotopic (exact) mass is 223 g/mol. The van der Waals surface area contributed by atoms with Crippen molar-refractivity contribution in [1.29, 1.82) is 0 Å². The van der Waals surface area contributed by atoms with Gasteiger partial charge in [0.05, 0.1) is 20.3 Å². The molecule has 0 radical (unpaired) electrons. The summed E-state index contributed by atoms with van der Waals surface area (Å²) in [5, 5.41) is 0. The Morgan fingerprint density at radius 3 is 3.00 bits per heavy atom. The summed E-state index contributed by atoms with van der Waals surface area (Å²) < 4.78 is 16.4. The van der Waals surface area contributed by atoms with Gasteiger partial charge in [0.15, 0.2) is 11.5 Å². The lowest BCUT2D eigenvalue weighted by Gasteiger charge is -2.17. The molecule has 0 amide bonds. The zero-order valence-corrected chi connectivity index (χ0v) is 9.44. The molecule has 2 rings (SSSR count). The summed E-state index contributed by atoms with van der Waals surface area (Å²) in [6, 6.07) is 5.75. The molecule has 1 unspecified atom stereocenters. The summed E-state index contributed by atoms with van der Waals surface area (Å²) in [6.07, 6.45) is 1.03. The van der Waals surface area contributed by atoms with Gasteiger partial charge in [-0.05, 0) is 6.07 Å². The van der Waals surface area contributed by atoms with Crippen LogP contribution in [0.15, 0.2) is 18.2 Å². The van der Waals surface area contributed by atoms with Crippen molar-refractivity contribution >= 4 is 0 Å². The van der Waals surface area contributed by atoms with Gasteiger partial charge in [0.1, 0.15) is 6.10 Å². The molecule has 1 saturated heterocycles. The van der Waals surface area contributed by atoms with Gasteiger partial charge in [-0.2, -0.15) is 0 Å². The minimum Gasteiger partial charge on any atom is -0.493 e.